The van der Waals surface area contributed by atoms with Crippen molar-refractivity contribution in [3.8, 4) is 0 Å². The first-order valence-electron chi connectivity index (χ1n) is 5.29. The summed E-state index contributed by atoms with van der Waals surface area (Å²) in [7, 11) is 0. The highest BCUT2D eigenvalue weighted by atomic mass is 32.1. The van der Waals surface area contributed by atoms with Gasteiger partial charge in [0.05, 0.1) is 5.69 Å². The predicted octanol–water partition coefficient (Wildman–Crippen LogP) is 2.83. The minimum absolute atomic E-state index is 0.0449. The van der Waals surface area contributed by atoms with Gasteiger partial charge in [0.15, 0.2) is 5.13 Å². The van der Waals surface area contributed by atoms with Gasteiger partial charge in [-0.25, -0.2) is 4.98 Å². The van der Waals surface area contributed by atoms with Crippen LogP contribution in [0.3, 0.4) is 0 Å². The van der Waals surface area contributed by atoms with E-state index < -0.39 is 5.41 Å². The summed E-state index contributed by atoms with van der Waals surface area (Å²) in [6.07, 6.45) is 0. The van der Waals surface area contributed by atoms with Crippen LogP contribution in [0.15, 0.2) is 0 Å². The molecule has 3 N–H and O–H groups in total. The first-order valence-corrected chi connectivity index (χ1v) is 6.11. The number of nitrogens with zero attached hydrogens (tertiary/aromatic N) is 1. The molecule has 1 amide bonds. The van der Waals surface area contributed by atoms with E-state index in [1.807, 2.05) is 34.6 Å². The Labute approximate surface area is 100 Å². The molecule has 90 valence electrons. The first-order chi connectivity index (χ1) is 7.21. The Bertz CT molecular complexity index is 390. The van der Waals surface area contributed by atoms with Gasteiger partial charge >= 0.3 is 0 Å². The summed E-state index contributed by atoms with van der Waals surface area (Å²) < 4.78 is 0. The quantitative estimate of drug-likeness (QED) is 0.836. The fourth-order valence-corrected chi connectivity index (χ4v) is 1.98. The monoisotopic (exact) mass is 241 g/mol. The molecule has 0 aromatic carbocycles. The number of hydrogen-bond donors (Lipinski definition) is 2. The molecule has 0 aliphatic carbocycles. The highest BCUT2D eigenvalue weighted by Crippen LogP contribution is 2.31. The van der Waals surface area contributed by atoms with Gasteiger partial charge in [-0.15, -0.1) is 0 Å². The lowest BCUT2D eigenvalue weighted by atomic mass is 9.96. The molecule has 0 fully saturated rings. The van der Waals surface area contributed by atoms with Gasteiger partial charge < -0.3 is 11.1 Å². The van der Waals surface area contributed by atoms with Crippen molar-refractivity contribution >= 4 is 27.4 Å². The number of hydrogen-bond acceptors (Lipinski definition) is 4. The van der Waals surface area contributed by atoms with Gasteiger partial charge in [-0.2, -0.15) is 0 Å². The standard InChI is InChI=1S/C11H19N3OS/c1-6(2)7-8(12)16-10(13-7)14-9(15)11(3,4)5/h6H,12H2,1-5H3,(H,13,14,15). The van der Waals surface area contributed by atoms with Crippen LogP contribution >= 0.6 is 11.3 Å². The van der Waals surface area contributed by atoms with E-state index >= 15 is 0 Å². The number of aromatic nitrogens is 1. The van der Waals surface area contributed by atoms with Crippen molar-refractivity contribution in [1.82, 2.24) is 4.98 Å². The van der Waals surface area contributed by atoms with Gasteiger partial charge in [0.2, 0.25) is 5.91 Å². The van der Waals surface area contributed by atoms with Crippen molar-refractivity contribution in [2.45, 2.75) is 40.5 Å². The van der Waals surface area contributed by atoms with Gasteiger partial charge in [-0.3, -0.25) is 4.79 Å². The van der Waals surface area contributed by atoms with E-state index in [2.05, 4.69) is 10.3 Å². The van der Waals surface area contributed by atoms with E-state index in [1.165, 1.54) is 11.3 Å². The van der Waals surface area contributed by atoms with Crippen molar-refractivity contribution in [1.29, 1.82) is 0 Å². The Morgan fingerprint density at radius 1 is 1.44 bits per heavy atom. The Hall–Kier alpha value is -1.10. The smallest absolute Gasteiger partial charge is 0.231 e. The number of carbonyl (C=O) groups is 1. The Morgan fingerprint density at radius 2 is 2.00 bits per heavy atom. The average molecular weight is 241 g/mol. The predicted molar refractivity (Wildman–Crippen MR) is 68.7 cm³/mol. The largest absolute Gasteiger partial charge is 0.389 e. The molecule has 1 rings (SSSR count). The molecule has 1 aromatic rings. The van der Waals surface area contributed by atoms with Crippen LogP contribution in [-0.2, 0) is 4.79 Å². The minimum atomic E-state index is -0.418. The summed E-state index contributed by atoms with van der Waals surface area (Å²) in [6, 6.07) is 0. The lowest BCUT2D eigenvalue weighted by Crippen LogP contribution is -2.27. The van der Waals surface area contributed by atoms with E-state index in [-0.39, 0.29) is 11.8 Å². The molecule has 0 atom stereocenters. The summed E-state index contributed by atoms with van der Waals surface area (Å²) in [6.45, 7) is 9.65. The highest BCUT2D eigenvalue weighted by molar-refractivity contribution is 7.19. The molecule has 5 heteroatoms. The summed E-state index contributed by atoms with van der Waals surface area (Å²) in [5, 5.41) is 4.05. The van der Waals surface area contributed by atoms with Gasteiger partial charge in [0.1, 0.15) is 5.00 Å². The second kappa shape index (κ2) is 4.41. The molecule has 0 bridgehead atoms. The van der Waals surface area contributed by atoms with Crippen LogP contribution in [0.2, 0.25) is 0 Å². The Kier molecular flexibility index (Phi) is 3.57. The molecule has 16 heavy (non-hydrogen) atoms. The first kappa shape index (κ1) is 13.0. The maximum Gasteiger partial charge on any atom is 0.231 e. The molecule has 0 aliphatic heterocycles. The zero-order chi connectivity index (χ0) is 12.5. The molecule has 0 unspecified atom stereocenters. The maximum atomic E-state index is 11.7. The van der Waals surface area contributed by atoms with Gasteiger partial charge in [-0.05, 0) is 5.92 Å². The van der Waals surface area contributed by atoms with Crippen molar-refractivity contribution < 1.29 is 4.79 Å². The highest BCUT2D eigenvalue weighted by Gasteiger charge is 2.23. The van der Waals surface area contributed by atoms with Crippen LogP contribution in [0.4, 0.5) is 10.1 Å². The van der Waals surface area contributed by atoms with Gasteiger partial charge in [0.25, 0.3) is 0 Å². The third-order valence-electron chi connectivity index (χ3n) is 2.13. The third kappa shape index (κ3) is 2.95. The van der Waals surface area contributed by atoms with Crippen LogP contribution in [-0.4, -0.2) is 10.9 Å². The molecule has 0 saturated carbocycles. The third-order valence-corrected chi connectivity index (χ3v) is 2.95. The molecular formula is C11H19N3OS. The summed E-state index contributed by atoms with van der Waals surface area (Å²) in [5.74, 6) is 0.230. The van der Waals surface area contributed by atoms with Crippen LogP contribution in [0, 0.1) is 5.41 Å². The van der Waals surface area contributed by atoms with Crippen LogP contribution in [0.5, 0.6) is 0 Å². The summed E-state index contributed by atoms with van der Waals surface area (Å²) in [5.41, 5.74) is 6.27. The van der Waals surface area contributed by atoms with E-state index in [0.717, 1.165) is 5.69 Å². The number of anilines is 2. The second-order valence-corrected chi connectivity index (χ2v) is 6.16. The lowest BCUT2D eigenvalue weighted by Gasteiger charge is -2.15. The molecule has 1 aromatic heterocycles. The number of rotatable bonds is 2. The number of nitrogens with one attached hydrogen (secondary N) is 1. The minimum Gasteiger partial charge on any atom is -0.389 e. The van der Waals surface area contributed by atoms with Gasteiger partial charge in [0, 0.05) is 5.41 Å². The Morgan fingerprint density at radius 3 is 2.38 bits per heavy atom. The number of amides is 1. The van der Waals surface area contributed by atoms with E-state index in [9.17, 15) is 4.79 Å². The SMILES string of the molecule is CC(C)c1nc(NC(=O)C(C)(C)C)sc1N. The van der Waals surface area contributed by atoms with Crippen molar-refractivity contribution in [3.05, 3.63) is 5.69 Å². The van der Waals surface area contributed by atoms with E-state index in [4.69, 9.17) is 5.73 Å². The molecule has 0 saturated heterocycles. The molecule has 1 heterocycles. The number of nitrogens with two attached hydrogens (primary N) is 1. The topological polar surface area (TPSA) is 68.0 Å². The van der Waals surface area contributed by atoms with E-state index in [0.29, 0.717) is 10.1 Å². The number of nitrogen functional groups attached to an aromatic ring is 1. The fourth-order valence-electron chi connectivity index (χ4n) is 1.10. The second-order valence-electron chi connectivity index (χ2n) is 5.13. The number of carbonyl (C=O) groups excluding carboxylic acids is 1. The Balaban J connectivity index is 2.84. The molecule has 4 nitrogen and oxygen atoms in total. The molecular weight excluding hydrogens is 222 g/mol. The average Bonchev–Trinajstić information content (AvgIpc) is 2.45. The molecule has 0 radical (unpaired) electrons. The lowest BCUT2D eigenvalue weighted by molar-refractivity contribution is -0.123. The van der Waals surface area contributed by atoms with Crippen LogP contribution in [0.25, 0.3) is 0 Å². The van der Waals surface area contributed by atoms with Crippen molar-refractivity contribution in [3.63, 3.8) is 0 Å². The zero-order valence-corrected chi connectivity index (χ0v) is 11.2. The van der Waals surface area contributed by atoms with Crippen LogP contribution < -0.4 is 11.1 Å². The van der Waals surface area contributed by atoms with Crippen molar-refractivity contribution in [2.24, 2.45) is 5.41 Å². The van der Waals surface area contributed by atoms with E-state index in [1.54, 1.807) is 0 Å². The molecule has 0 aliphatic rings. The number of thiazole rings is 1. The zero-order valence-electron chi connectivity index (χ0n) is 10.4. The fraction of sp³-hybridized carbons (Fsp3) is 0.636. The maximum absolute atomic E-state index is 11.7. The molecule has 0 spiro atoms. The summed E-state index contributed by atoms with van der Waals surface area (Å²) >= 11 is 1.32. The van der Waals surface area contributed by atoms with Crippen LogP contribution in [0.1, 0.15) is 46.2 Å². The van der Waals surface area contributed by atoms with Crippen molar-refractivity contribution in [2.75, 3.05) is 11.1 Å². The van der Waals surface area contributed by atoms with Gasteiger partial charge in [-0.1, -0.05) is 46.0 Å². The normalized spacial score (nSPS) is 11.9. The summed E-state index contributed by atoms with van der Waals surface area (Å²) in [4.78, 5) is 16.1.